The van der Waals surface area contributed by atoms with Gasteiger partial charge in [0.15, 0.2) is 0 Å². The molecule has 7 heteroatoms. The molecule has 3 heterocycles. The van der Waals surface area contributed by atoms with E-state index in [9.17, 15) is 9.59 Å². The topological polar surface area (TPSA) is 56.5 Å². The highest BCUT2D eigenvalue weighted by Gasteiger charge is 2.31. The van der Waals surface area contributed by atoms with Crippen molar-refractivity contribution in [2.24, 2.45) is 0 Å². The fourth-order valence-electron chi connectivity index (χ4n) is 3.97. The Bertz CT molecular complexity index is 1170. The van der Waals surface area contributed by atoms with Gasteiger partial charge in [-0.1, -0.05) is 30.3 Å². The maximum absolute atomic E-state index is 13.4. The van der Waals surface area contributed by atoms with Gasteiger partial charge in [0.2, 0.25) is 0 Å². The number of ether oxygens (including phenoxy) is 1. The molecule has 0 spiro atoms. The summed E-state index contributed by atoms with van der Waals surface area (Å²) in [6, 6.07) is 9.97. The first-order chi connectivity index (χ1) is 14.3. The predicted molar refractivity (Wildman–Crippen MR) is 122 cm³/mol. The second-order valence-electron chi connectivity index (χ2n) is 8.84. The molecule has 0 saturated heterocycles. The second kappa shape index (κ2) is 8.13. The first-order valence-corrected chi connectivity index (χ1v) is 11.2. The van der Waals surface area contributed by atoms with Crippen molar-refractivity contribution in [3.8, 4) is 0 Å². The second-order valence-corrected chi connectivity index (χ2v) is 9.94. The molecule has 30 heavy (non-hydrogen) atoms. The highest BCUT2D eigenvalue weighted by Crippen LogP contribution is 2.37. The van der Waals surface area contributed by atoms with Crippen molar-refractivity contribution < 1.29 is 4.74 Å². The predicted octanol–water partition coefficient (Wildman–Crippen LogP) is 2.88. The van der Waals surface area contributed by atoms with Crippen molar-refractivity contribution in [2.75, 3.05) is 20.6 Å². The van der Waals surface area contributed by atoms with Crippen molar-refractivity contribution >= 4 is 21.6 Å². The van der Waals surface area contributed by atoms with E-state index in [1.807, 2.05) is 44.4 Å². The molecule has 0 amide bonds. The molecule has 0 fully saturated rings. The van der Waals surface area contributed by atoms with Crippen molar-refractivity contribution in [2.45, 2.75) is 52.0 Å². The summed E-state index contributed by atoms with van der Waals surface area (Å²) in [5.41, 5.74) is 2.25. The molecule has 0 radical (unpaired) electrons. The average molecular weight is 428 g/mol. The Morgan fingerprint density at radius 3 is 2.53 bits per heavy atom. The number of rotatable bonds is 6. The molecule has 0 bridgehead atoms. The van der Waals surface area contributed by atoms with Gasteiger partial charge in [0.25, 0.3) is 5.56 Å². The molecule has 0 saturated carbocycles. The third-order valence-corrected chi connectivity index (χ3v) is 6.87. The van der Waals surface area contributed by atoms with Crippen LogP contribution in [0, 0.1) is 0 Å². The van der Waals surface area contributed by atoms with Crippen LogP contribution in [0.5, 0.6) is 0 Å². The summed E-state index contributed by atoms with van der Waals surface area (Å²) in [7, 11) is 3.98. The van der Waals surface area contributed by atoms with Crippen LogP contribution in [0.25, 0.3) is 10.2 Å². The van der Waals surface area contributed by atoms with Crippen LogP contribution in [-0.4, -0.2) is 40.3 Å². The lowest BCUT2D eigenvalue weighted by Gasteiger charge is -2.30. The zero-order chi connectivity index (χ0) is 21.5. The van der Waals surface area contributed by atoms with Gasteiger partial charge in [-0.15, -0.1) is 11.3 Å². The van der Waals surface area contributed by atoms with Crippen molar-refractivity contribution in [1.82, 2.24) is 14.0 Å². The van der Waals surface area contributed by atoms with Crippen molar-refractivity contribution in [1.29, 1.82) is 0 Å². The Morgan fingerprint density at radius 2 is 1.83 bits per heavy atom. The molecule has 1 aliphatic heterocycles. The molecular weight excluding hydrogens is 398 g/mol. The van der Waals surface area contributed by atoms with Gasteiger partial charge < -0.3 is 9.64 Å². The number of fused-ring (bicyclic) bond motifs is 3. The molecular formula is C23H29N3O3S. The van der Waals surface area contributed by atoms with Crippen LogP contribution in [0.4, 0.5) is 0 Å². The van der Waals surface area contributed by atoms with Gasteiger partial charge in [0, 0.05) is 36.5 Å². The Balaban J connectivity index is 1.84. The minimum atomic E-state index is -0.255. The maximum Gasteiger partial charge on any atom is 0.331 e. The van der Waals surface area contributed by atoms with E-state index in [0.29, 0.717) is 30.8 Å². The number of nitrogens with zero attached hydrogens (tertiary/aromatic N) is 3. The van der Waals surface area contributed by atoms with Crippen LogP contribution in [-0.2, 0) is 37.3 Å². The number of hydrogen-bond acceptors (Lipinski definition) is 5. The first kappa shape index (κ1) is 21.0. The number of benzene rings is 1. The van der Waals surface area contributed by atoms with Crippen LogP contribution in [0.1, 0.15) is 29.9 Å². The number of aryl methyl sites for hydroxylation is 1. The summed E-state index contributed by atoms with van der Waals surface area (Å²) in [5.74, 6) is 0. The van der Waals surface area contributed by atoms with Crippen molar-refractivity contribution in [3.05, 3.63) is 67.2 Å². The fourth-order valence-corrected chi connectivity index (χ4v) is 5.44. The minimum absolute atomic E-state index is 0.177. The third-order valence-electron chi connectivity index (χ3n) is 5.67. The lowest BCUT2D eigenvalue weighted by Crippen LogP contribution is -2.41. The molecule has 3 aromatic rings. The third kappa shape index (κ3) is 4.02. The fraction of sp³-hybridized carbons (Fsp3) is 0.478. The number of aromatic nitrogens is 2. The Kier molecular flexibility index (Phi) is 5.70. The van der Waals surface area contributed by atoms with E-state index in [0.717, 1.165) is 34.5 Å². The molecule has 160 valence electrons. The van der Waals surface area contributed by atoms with Gasteiger partial charge in [-0.3, -0.25) is 13.9 Å². The molecule has 0 N–H and O–H groups in total. The van der Waals surface area contributed by atoms with E-state index in [-0.39, 0.29) is 16.9 Å². The molecule has 0 aliphatic carbocycles. The van der Waals surface area contributed by atoms with Gasteiger partial charge in [0.1, 0.15) is 4.70 Å². The Morgan fingerprint density at radius 1 is 1.10 bits per heavy atom. The minimum Gasteiger partial charge on any atom is -0.370 e. The molecule has 0 atom stereocenters. The first-order valence-electron chi connectivity index (χ1n) is 10.4. The summed E-state index contributed by atoms with van der Waals surface area (Å²) in [6.07, 6.45) is 1.41. The summed E-state index contributed by atoms with van der Waals surface area (Å²) in [4.78, 5) is 30.0. The normalized spacial score (nSPS) is 15.6. The van der Waals surface area contributed by atoms with E-state index < -0.39 is 0 Å². The number of thiophene rings is 1. The standard InChI is InChI=1S/C23H29N3O3S/c1-23(2)14-18-17(15-29-23)19-20(30-18)21(27)26(11-10-16-8-6-5-7-9-16)22(28)25(19)13-12-24(3)4/h5-9H,10-15H2,1-4H3. The van der Waals surface area contributed by atoms with E-state index >= 15 is 0 Å². The summed E-state index contributed by atoms with van der Waals surface area (Å²) in [5, 5.41) is 0. The molecule has 1 aromatic carbocycles. The Hall–Kier alpha value is -2.22. The van der Waals surface area contributed by atoms with Crippen LogP contribution in [0.2, 0.25) is 0 Å². The molecule has 0 unspecified atom stereocenters. The molecule has 4 rings (SSSR count). The van der Waals surface area contributed by atoms with Crippen LogP contribution in [0.3, 0.4) is 0 Å². The highest BCUT2D eigenvalue weighted by molar-refractivity contribution is 7.19. The highest BCUT2D eigenvalue weighted by atomic mass is 32.1. The molecule has 6 nitrogen and oxygen atoms in total. The van der Waals surface area contributed by atoms with Gasteiger partial charge in [0.05, 0.1) is 17.7 Å². The maximum atomic E-state index is 13.4. The van der Waals surface area contributed by atoms with Gasteiger partial charge >= 0.3 is 5.69 Å². The lowest BCUT2D eigenvalue weighted by atomic mass is 9.98. The summed E-state index contributed by atoms with van der Waals surface area (Å²) in [6.45, 7) is 6.22. The average Bonchev–Trinajstić information content (AvgIpc) is 3.06. The zero-order valence-electron chi connectivity index (χ0n) is 18.1. The van der Waals surface area contributed by atoms with Gasteiger partial charge in [-0.05, 0) is 39.9 Å². The quantitative estimate of drug-likeness (QED) is 0.607. The van der Waals surface area contributed by atoms with Gasteiger partial charge in [-0.2, -0.15) is 0 Å². The molecule has 2 aromatic heterocycles. The van der Waals surface area contributed by atoms with Crippen molar-refractivity contribution in [3.63, 3.8) is 0 Å². The van der Waals surface area contributed by atoms with E-state index in [4.69, 9.17) is 4.74 Å². The van der Waals surface area contributed by atoms with E-state index in [2.05, 4.69) is 18.7 Å². The largest absolute Gasteiger partial charge is 0.370 e. The van der Waals surface area contributed by atoms with E-state index in [1.54, 1.807) is 4.57 Å². The lowest BCUT2D eigenvalue weighted by molar-refractivity contribution is -0.0384. The Labute approximate surface area is 180 Å². The SMILES string of the molecule is CN(C)CCn1c(=O)n(CCc2ccccc2)c(=O)c2sc3c(c21)COC(C)(C)C3. The van der Waals surface area contributed by atoms with Crippen LogP contribution in [0.15, 0.2) is 39.9 Å². The van der Waals surface area contributed by atoms with Crippen LogP contribution >= 0.6 is 11.3 Å². The molecule has 1 aliphatic rings. The zero-order valence-corrected chi connectivity index (χ0v) is 18.9. The number of hydrogen-bond donors (Lipinski definition) is 0. The summed E-state index contributed by atoms with van der Waals surface area (Å²) >= 11 is 1.53. The van der Waals surface area contributed by atoms with E-state index in [1.165, 1.54) is 15.9 Å². The summed E-state index contributed by atoms with van der Waals surface area (Å²) < 4.78 is 9.91. The monoisotopic (exact) mass is 427 g/mol. The van der Waals surface area contributed by atoms with Crippen LogP contribution < -0.4 is 11.2 Å². The van der Waals surface area contributed by atoms with Gasteiger partial charge in [-0.25, -0.2) is 4.79 Å². The smallest absolute Gasteiger partial charge is 0.331 e. The number of likely N-dealkylation sites (N-methyl/N-ethyl adjacent to an activating group) is 1.